The van der Waals surface area contributed by atoms with Gasteiger partial charge in [0.25, 0.3) is 0 Å². The van der Waals surface area contributed by atoms with Crippen LogP contribution in [0.4, 0.5) is 4.39 Å². The molecule has 0 bridgehead atoms. The Hall–Kier alpha value is -3.22. The van der Waals surface area contributed by atoms with Crippen molar-refractivity contribution in [1.29, 1.82) is 0 Å². The first-order chi connectivity index (χ1) is 13.6. The van der Waals surface area contributed by atoms with Gasteiger partial charge in [-0.25, -0.2) is 4.39 Å². The van der Waals surface area contributed by atoms with Crippen molar-refractivity contribution in [3.63, 3.8) is 0 Å². The molecule has 7 heteroatoms. The van der Waals surface area contributed by atoms with Crippen molar-refractivity contribution < 1.29 is 18.4 Å². The molecule has 1 heterocycles. The Morgan fingerprint density at radius 3 is 2.64 bits per heavy atom. The van der Waals surface area contributed by atoms with Crippen LogP contribution in [-0.2, 0) is 17.8 Å². The normalized spacial score (nSPS) is 10.7. The van der Waals surface area contributed by atoms with Gasteiger partial charge in [0.05, 0.1) is 13.2 Å². The molecule has 0 aliphatic rings. The summed E-state index contributed by atoms with van der Waals surface area (Å²) in [5.41, 5.74) is 1.33. The summed E-state index contributed by atoms with van der Waals surface area (Å²) < 4.78 is 24.3. The number of amides is 1. The number of nitrogens with zero attached hydrogens (tertiary/aromatic N) is 3. The molecule has 0 aliphatic heterocycles. The quantitative estimate of drug-likeness (QED) is 0.591. The number of benzene rings is 2. The van der Waals surface area contributed by atoms with Crippen LogP contribution in [0.1, 0.15) is 24.8 Å². The molecule has 146 valence electrons. The van der Waals surface area contributed by atoms with Crippen LogP contribution in [0.25, 0.3) is 11.4 Å². The summed E-state index contributed by atoms with van der Waals surface area (Å²) >= 11 is 0. The molecule has 0 saturated carbocycles. The topological polar surface area (TPSA) is 68.5 Å². The van der Waals surface area contributed by atoms with E-state index in [-0.39, 0.29) is 24.7 Å². The first-order valence-corrected chi connectivity index (χ1v) is 9.10. The monoisotopic (exact) mass is 383 g/mol. The van der Waals surface area contributed by atoms with Gasteiger partial charge in [-0.15, -0.1) is 0 Å². The summed E-state index contributed by atoms with van der Waals surface area (Å²) in [4.78, 5) is 18.1. The number of aryl methyl sites for hydroxylation is 1. The summed E-state index contributed by atoms with van der Waals surface area (Å²) in [6.45, 7) is 2.72. The number of rotatable bonds is 8. The van der Waals surface area contributed by atoms with Gasteiger partial charge < -0.3 is 14.2 Å². The minimum Gasteiger partial charge on any atom is -0.494 e. The fraction of sp³-hybridized carbons (Fsp3) is 0.286. The third kappa shape index (κ3) is 4.94. The maximum absolute atomic E-state index is 13.7. The van der Waals surface area contributed by atoms with Gasteiger partial charge in [0, 0.05) is 19.0 Å². The van der Waals surface area contributed by atoms with Gasteiger partial charge in [-0.05, 0) is 49.2 Å². The summed E-state index contributed by atoms with van der Waals surface area (Å²) in [6.07, 6.45) is 0.550. The number of hydrogen-bond donors (Lipinski definition) is 0. The molecule has 6 nitrogen and oxygen atoms in total. The summed E-state index contributed by atoms with van der Waals surface area (Å²) in [6, 6.07) is 13.8. The zero-order valence-corrected chi connectivity index (χ0v) is 15.9. The average Bonchev–Trinajstić information content (AvgIpc) is 3.16. The van der Waals surface area contributed by atoms with Crippen molar-refractivity contribution in [2.75, 3.05) is 13.7 Å². The average molecular weight is 383 g/mol. The first-order valence-electron chi connectivity index (χ1n) is 9.10. The lowest BCUT2D eigenvalue weighted by Crippen LogP contribution is -2.26. The minimum absolute atomic E-state index is 0.121. The maximum Gasteiger partial charge on any atom is 0.246 e. The van der Waals surface area contributed by atoms with E-state index in [4.69, 9.17) is 9.26 Å². The van der Waals surface area contributed by atoms with Crippen LogP contribution in [0.3, 0.4) is 0 Å². The van der Waals surface area contributed by atoms with Crippen LogP contribution >= 0.6 is 0 Å². The number of carbonyl (C=O) groups is 1. The Balaban J connectivity index is 1.56. The van der Waals surface area contributed by atoms with E-state index in [9.17, 15) is 9.18 Å². The first kappa shape index (κ1) is 19.5. The van der Waals surface area contributed by atoms with Crippen LogP contribution in [0.5, 0.6) is 5.75 Å². The van der Waals surface area contributed by atoms with Crippen LogP contribution in [-0.4, -0.2) is 34.6 Å². The maximum atomic E-state index is 13.7. The summed E-state index contributed by atoms with van der Waals surface area (Å²) in [7, 11) is 1.66. The molecule has 3 aromatic rings. The predicted octanol–water partition coefficient (Wildman–Crippen LogP) is 3.87. The molecule has 1 aromatic heterocycles. The smallest absolute Gasteiger partial charge is 0.246 e. The van der Waals surface area contributed by atoms with Gasteiger partial charge in [0.2, 0.25) is 17.6 Å². The largest absolute Gasteiger partial charge is 0.494 e. The predicted molar refractivity (Wildman–Crippen MR) is 102 cm³/mol. The molecule has 0 aliphatic carbocycles. The fourth-order valence-corrected chi connectivity index (χ4v) is 2.73. The van der Waals surface area contributed by atoms with Gasteiger partial charge in [-0.2, -0.15) is 4.98 Å². The highest BCUT2D eigenvalue weighted by molar-refractivity contribution is 5.76. The molecule has 3 rings (SSSR count). The SMILES string of the molecule is CCOc1ccc(-c2noc(CN(C)C(=O)CCc3ccccc3F)n2)cc1. The Kier molecular flexibility index (Phi) is 6.37. The van der Waals surface area contributed by atoms with E-state index >= 15 is 0 Å². The second-order valence-electron chi connectivity index (χ2n) is 6.31. The van der Waals surface area contributed by atoms with Crippen molar-refractivity contribution in [3.05, 3.63) is 65.8 Å². The van der Waals surface area contributed by atoms with E-state index < -0.39 is 0 Å². The Morgan fingerprint density at radius 1 is 1.18 bits per heavy atom. The van der Waals surface area contributed by atoms with E-state index in [1.54, 1.807) is 25.2 Å². The number of hydrogen-bond acceptors (Lipinski definition) is 5. The zero-order valence-electron chi connectivity index (χ0n) is 15.9. The van der Waals surface area contributed by atoms with E-state index in [0.717, 1.165) is 11.3 Å². The Morgan fingerprint density at radius 2 is 1.93 bits per heavy atom. The van der Waals surface area contributed by atoms with Crippen molar-refractivity contribution in [3.8, 4) is 17.1 Å². The van der Waals surface area contributed by atoms with Gasteiger partial charge in [0.1, 0.15) is 11.6 Å². The number of carbonyl (C=O) groups excluding carboxylic acids is 1. The lowest BCUT2D eigenvalue weighted by molar-refractivity contribution is -0.130. The van der Waals surface area contributed by atoms with Gasteiger partial charge in [-0.3, -0.25) is 4.79 Å². The molecule has 0 unspecified atom stereocenters. The highest BCUT2D eigenvalue weighted by Gasteiger charge is 2.15. The molecular formula is C21H22FN3O3. The Labute approximate surface area is 162 Å². The number of aromatic nitrogens is 2. The third-order valence-electron chi connectivity index (χ3n) is 4.26. The lowest BCUT2D eigenvalue weighted by Gasteiger charge is -2.14. The second-order valence-corrected chi connectivity index (χ2v) is 6.31. The van der Waals surface area contributed by atoms with Crippen molar-refractivity contribution in [2.45, 2.75) is 26.3 Å². The van der Waals surface area contributed by atoms with E-state index in [1.807, 2.05) is 31.2 Å². The fourth-order valence-electron chi connectivity index (χ4n) is 2.73. The number of halogens is 1. The molecule has 0 radical (unpaired) electrons. The van der Waals surface area contributed by atoms with Crippen LogP contribution in [0.2, 0.25) is 0 Å². The van der Waals surface area contributed by atoms with Crippen LogP contribution < -0.4 is 4.74 Å². The summed E-state index contributed by atoms with van der Waals surface area (Å²) in [5, 5.41) is 3.97. The lowest BCUT2D eigenvalue weighted by atomic mass is 10.1. The number of ether oxygens (including phenoxy) is 1. The molecule has 0 spiro atoms. The van der Waals surface area contributed by atoms with Crippen molar-refractivity contribution in [1.82, 2.24) is 15.0 Å². The second kappa shape index (κ2) is 9.12. The molecule has 0 atom stereocenters. The van der Waals surface area contributed by atoms with Gasteiger partial charge in [0.15, 0.2) is 0 Å². The minimum atomic E-state index is -0.296. The third-order valence-corrected chi connectivity index (χ3v) is 4.26. The van der Waals surface area contributed by atoms with Crippen molar-refractivity contribution >= 4 is 5.91 Å². The van der Waals surface area contributed by atoms with Gasteiger partial charge in [-0.1, -0.05) is 23.4 Å². The van der Waals surface area contributed by atoms with E-state index in [2.05, 4.69) is 10.1 Å². The molecule has 0 saturated heterocycles. The van der Waals surface area contributed by atoms with Crippen LogP contribution in [0.15, 0.2) is 53.1 Å². The van der Waals surface area contributed by atoms with Crippen LogP contribution in [0, 0.1) is 5.82 Å². The standard InChI is InChI=1S/C21H22FN3O3/c1-3-27-17-11-8-16(9-12-17)21-23-19(28-24-21)14-25(2)20(26)13-10-15-6-4-5-7-18(15)22/h4-9,11-12H,3,10,13-14H2,1-2H3. The highest BCUT2D eigenvalue weighted by atomic mass is 19.1. The highest BCUT2D eigenvalue weighted by Crippen LogP contribution is 2.20. The zero-order chi connectivity index (χ0) is 19.9. The summed E-state index contributed by atoms with van der Waals surface area (Å²) in [5.74, 6) is 1.14. The molecule has 0 N–H and O–H groups in total. The van der Waals surface area contributed by atoms with Crippen molar-refractivity contribution in [2.24, 2.45) is 0 Å². The molecule has 2 aromatic carbocycles. The molecule has 0 fully saturated rings. The van der Waals surface area contributed by atoms with E-state index in [1.165, 1.54) is 11.0 Å². The Bertz CT molecular complexity index is 925. The van der Waals surface area contributed by atoms with E-state index in [0.29, 0.717) is 30.3 Å². The molecular weight excluding hydrogens is 361 g/mol. The van der Waals surface area contributed by atoms with Gasteiger partial charge >= 0.3 is 0 Å². The molecule has 28 heavy (non-hydrogen) atoms. The molecule has 1 amide bonds.